The van der Waals surface area contributed by atoms with Crippen LogP contribution in [0.1, 0.15) is 11.4 Å². The molecule has 0 fully saturated rings. The van der Waals surface area contributed by atoms with Crippen LogP contribution in [0, 0.1) is 13.8 Å². The van der Waals surface area contributed by atoms with Crippen LogP contribution in [0.5, 0.6) is 0 Å². The molecule has 0 aliphatic carbocycles. The highest BCUT2D eigenvalue weighted by Gasteiger charge is 2.06. The van der Waals surface area contributed by atoms with Gasteiger partial charge in [-0.3, -0.25) is 0 Å². The van der Waals surface area contributed by atoms with Crippen LogP contribution in [-0.2, 0) is 0 Å². The predicted molar refractivity (Wildman–Crippen MR) is 50.9 cm³/mol. The van der Waals surface area contributed by atoms with Crippen LogP contribution in [-0.4, -0.2) is 19.1 Å². The second kappa shape index (κ2) is 2.81. The topological polar surface area (TPSA) is 69.6 Å². The van der Waals surface area contributed by atoms with Gasteiger partial charge in [0.1, 0.15) is 11.6 Å². The van der Waals surface area contributed by atoms with E-state index in [1.807, 2.05) is 20.0 Å². The highest BCUT2D eigenvalue weighted by Crippen LogP contribution is 2.14. The molecule has 0 amide bonds. The number of nitrogen functional groups attached to an aromatic ring is 1. The minimum absolute atomic E-state index is 0.535. The van der Waals surface area contributed by atoms with Crippen LogP contribution in [0.4, 0.5) is 5.82 Å². The smallest absolute Gasteiger partial charge is 0.230 e. The van der Waals surface area contributed by atoms with Crippen molar-refractivity contribution in [2.24, 2.45) is 0 Å². The number of hydrogen-bond acceptors (Lipinski definition) is 5. The molecule has 68 valence electrons. The van der Waals surface area contributed by atoms with E-state index in [9.17, 15) is 0 Å². The van der Waals surface area contributed by atoms with Gasteiger partial charge in [0.25, 0.3) is 0 Å². The lowest BCUT2D eigenvalue weighted by Gasteiger charge is -1.89. The maximum absolute atomic E-state index is 5.61. The Kier molecular flexibility index (Phi) is 1.77. The average Bonchev–Trinajstić information content (AvgIpc) is 2.61. The molecule has 2 aromatic rings. The van der Waals surface area contributed by atoms with E-state index in [4.69, 9.17) is 5.73 Å². The molecule has 0 saturated carbocycles. The summed E-state index contributed by atoms with van der Waals surface area (Å²) in [6, 6.07) is 0. The number of aryl methyl sites for hydroxylation is 2. The van der Waals surface area contributed by atoms with Crippen LogP contribution >= 0.6 is 11.5 Å². The van der Waals surface area contributed by atoms with Gasteiger partial charge in [-0.15, -0.1) is 5.10 Å². The third-order valence-electron chi connectivity index (χ3n) is 1.65. The first kappa shape index (κ1) is 8.18. The Balaban J connectivity index is 2.46. The van der Waals surface area contributed by atoms with Gasteiger partial charge in [-0.2, -0.15) is 4.37 Å². The second-order valence-electron chi connectivity index (χ2n) is 2.77. The Labute approximate surface area is 79.4 Å². The van der Waals surface area contributed by atoms with Gasteiger partial charge in [-0.05, 0) is 13.8 Å². The Hall–Kier alpha value is -1.43. The molecular formula is C7H9N5S. The Bertz CT molecular complexity index is 410. The lowest BCUT2D eigenvalue weighted by atomic mass is 10.4. The highest BCUT2D eigenvalue weighted by atomic mass is 32.1. The molecule has 6 heteroatoms. The van der Waals surface area contributed by atoms with Crippen molar-refractivity contribution < 1.29 is 0 Å². The molecule has 2 N–H and O–H groups in total. The summed E-state index contributed by atoms with van der Waals surface area (Å²) in [7, 11) is 0. The van der Waals surface area contributed by atoms with E-state index in [1.54, 1.807) is 4.68 Å². The summed E-state index contributed by atoms with van der Waals surface area (Å²) in [5, 5.41) is 4.84. The Morgan fingerprint density at radius 3 is 2.69 bits per heavy atom. The highest BCUT2D eigenvalue weighted by molar-refractivity contribution is 7.08. The molecule has 0 bridgehead atoms. The molecule has 2 aromatic heterocycles. The van der Waals surface area contributed by atoms with Gasteiger partial charge in [0, 0.05) is 23.3 Å². The zero-order chi connectivity index (χ0) is 9.42. The van der Waals surface area contributed by atoms with Gasteiger partial charge in [-0.1, -0.05) is 0 Å². The molecule has 0 aliphatic rings. The molecule has 5 nitrogen and oxygen atoms in total. The van der Waals surface area contributed by atoms with Crippen LogP contribution in [0.3, 0.4) is 0 Å². The van der Waals surface area contributed by atoms with Crippen molar-refractivity contribution in [1.82, 2.24) is 19.1 Å². The molecule has 0 atom stereocenters. The van der Waals surface area contributed by atoms with Crippen LogP contribution in [0.15, 0.2) is 6.20 Å². The third kappa shape index (κ3) is 1.40. The zero-order valence-corrected chi connectivity index (χ0v) is 8.17. The van der Waals surface area contributed by atoms with Crippen molar-refractivity contribution in [2.75, 3.05) is 5.73 Å². The van der Waals surface area contributed by atoms with Gasteiger partial charge in [-0.25, -0.2) is 9.67 Å². The van der Waals surface area contributed by atoms with Gasteiger partial charge < -0.3 is 5.73 Å². The van der Waals surface area contributed by atoms with Gasteiger partial charge in [0.05, 0.1) is 0 Å². The Morgan fingerprint density at radius 1 is 1.46 bits per heavy atom. The SMILES string of the molecule is Cc1nsc(-n2cc(C)c(N)n2)n1. The molecule has 0 saturated heterocycles. The predicted octanol–water partition coefficient (Wildman–Crippen LogP) is 0.923. The lowest BCUT2D eigenvalue weighted by Crippen LogP contribution is -1.95. The maximum atomic E-state index is 5.61. The summed E-state index contributed by atoms with van der Waals surface area (Å²) in [4.78, 5) is 4.19. The largest absolute Gasteiger partial charge is 0.382 e. The van der Waals surface area contributed by atoms with Crippen molar-refractivity contribution in [3.8, 4) is 5.13 Å². The van der Waals surface area contributed by atoms with Crippen molar-refractivity contribution in [3.63, 3.8) is 0 Å². The number of nitrogens with two attached hydrogens (primary N) is 1. The van der Waals surface area contributed by atoms with Crippen molar-refractivity contribution in [1.29, 1.82) is 0 Å². The minimum atomic E-state index is 0.535. The van der Waals surface area contributed by atoms with Gasteiger partial charge in [0.15, 0.2) is 0 Å². The summed E-state index contributed by atoms with van der Waals surface area (Å²) < 4.78 is 5.71. The quantitative estimate of drug-likeness (QED) is 0.734. The molecular weight excluding hydrogens is 186 g/mol. The maximum Gasteiger partial charge on any atom is 0.230 e. The van der Waals surface area contributed by atoms with Crippen LogP contribution < -0.4 is 5.73 Å². The van der Waals surface area contributed by atoms with Crippen LogP contribution in [0.2, 0.25) is 0 Å². The van der Waals surface area contributed by atoms with Gasteiger partial charge >= 0.3 is 0 Å². The van der Waals surface area contributed by atoms with Gasteiger partial charge in [0.2, 0.25) is 5.13 Å². The first-order valence-electron chi connectivity index (χ1n) is 3.79. The second-order valence-corrected chi connectivity index (χ2v) is 3.50. The first-order valence-corrected chi connectivity index (χ1v) is 4.56. The monoisotopic (exact) mass is 195 g/mol. The molecule has 0 spiro atoms. The number of anilines is 1. The number of nitrogens with zero attached hydrogens (tertiary/aromatic N) is 4. The van der Waals surface area contributed by atoms with E-state index in [0.717, 1.165) is 16.5 Å². The Morgan fingerprint density at radius 2 is 2.23 bits per heavy atom. The molecule has 0 aromatic carbocycles. The van der Waals surface area contributed by atoms with Crippen LogP contribution in [0.25, 0.3) is 5.13 Å². The van der Waals surface area contributed by atoms with E-state index < -0.39 is 0 Å². The number of rotatable bonds is 1. The average molecular weight is 195 g/mol. The molecule has 13 heavy (non-hydrogen) atoms. The third-order valence-corrected chi connectivity index (χ3v) is 2.45. The van der Waals surface area contributed by atoms with Crippen molar-refractivity contribution in [3.05, 3.63) is 17.6 Å². The van der Waals surface area contributed by atoms with E-state index in [2.05, 4.69) is 14.5 Å². The van der Waals surface area contributed by atoms with E-state index >= 15 is 0 Å². The molecule has 2 heterocycles. The van der Waals surface area contributed by atoms with E-state index in [0.29, 0.717) is 5.82 Å². The molecule has 0 radical (unpaired) electrons. The first-order chi connectivity index (χ1) is 6.16. The standard InChI is InChI=1S/C7H9N5S/c1-4-3-12(10-6(4)8)7-9-5(2)11-13-7/h3H,1-2H3,(H2,8,10). The summed E-state index contributed by atoms with van der Waals surface area (Å²) in [6.07, 6.45) is 1.84. The summed E-state index contributed by atoms with van der Waals surface area (Å²) in [5.74, 6) is 1.29. The summed E-state index contributed by atoms with van der Waals surface area (Å²) in [5.41, 5.74) is 6.56. The van der Waals surface area contributed by atoms with Crippen molar-refractivity contribution >= 4 is 17.4 Å². The normalized spacial score (nSPS) is 10.6. The minimum Gasteiger partial charge on any atom is -0.382 e. The van der Waals surface area contributed by atoms with E-state index in [1.165, 1.54) is 11.5 Å². The fraction of sp³-hybridized carbons (Fsp3) is 0.286. The fourth-order valence-corrected chi connectivity index (χ4v) is 1.56. The zero-order valence-electron chi connectivity index (χ0n) is 7.35. The van der Waals surface area contributed by atoms with Crippen molar-refractivity contribution in [2.45, 2.75) is 13.8 Å². The van der Waals surface area contributed by atoms with E-state index in [-0.39, 0.29) is 0 Å². The lowest BCUT2D eigenvalue weighted by molar-refractivity contribution is 0.868. The number of hydrogen-bond donors (Lipinski definition) is 1. The number of aromatic nitrogens is 4. The fourth-order valence-electron chi connectivity index (χ4n) is 0.951. The molecule has 0 unspecified atom stereocenters. The summed E-state index contributed by atoms with van der Waals surface area (Å²) in [6.45, 7) is 3.76. The molecule has 2 rings (SSSR count). The molecule has 0 aliphatic heterocycles. The summed E-state index contributed by atoms with van der Waals surface area (Å²) >= 11 is 1.31.